The summed E-state index contributed by atoms with van der Waals surface area (Å²) in [5.41, 5.74) is 5.29. The molecule has 1 aliphatic rings. The van der Waals surface area contributed by atoms with Gasteiger partial charge in [0.1, 0.15) is 5.00 Å². The third-order valence-electron chi connectivity index (χ3n) is 5.25. The molecule has 1 heterocycles. The van der Waals surface area contributed by atoms with E-state index in [1.54, 1.807) is 0 Å². The summed E-state index contributed by atoms with van der Waals surface area (Å²) in [5, 5.41) is 6.64. The van der Waals surface area contributed by atoms with Crippen LogP contribution in [0, 0.1) is 13.8 Å². The second kappa shape index (κ2) is 8.21. The Labute approximate surface area is 175 Å². The molecule has 0 saturated carbocycles. The zero-order valence-electron chi connectivity index (χ0n) is 16.7. The number of fused-ring (bicyclic) bond motifs is 1. The molecule has 2 amide bonds. The fourth-order valence-electron chi connectivity index (χ4n) is 3.60. The molecule has 4 rings (SSSR count). The summed E-state index contributed by atoms with van der Waals surface area (Å²) in [4.78, 5) is 27.1. The van der Waals surface area contributed by atoms with Gasteiger partial charge in [0.2, 0.25) is 0 Å². The van der Waals surface area contributed by atoms with Crippen LogP contribution in [0.3, 0.4) is 0 Å². The Hall–Kier alpha value is -2.92. The molecule has 4 nitrogen and oxygen atoms in total. The van der Waals surface area contributed by atoms with Crippen LogP contribution in [0.2, 0.25) is 0 Å². The number of hydrogen-bond donors (Lipinski definition) is 2. The Morgan fingerprint density at radius 1 is 0.793 bits per heavy atom. The first kappa shape index (κ1) is 19.4. The van der Waals surface area contributed by atoms with Crippen LogP contribution < -0.4 is 10.6 Å². The van der Waals surface area contributed by atoms with E-state index in [0.29, 0.717) is 16.1 Å². The Bertz CT molecular complexity index is 1050. The van der Waals surface area contributed by atoms with Gasteiger partial charge in [-0.3, -0.25) is 9.59 Å². The summed E-state index contributed by atoms with van der Waals surface area (Å²) >= 11 is 1.54. The maximum atomic E-state index is 13.2. The van der Waals surface area contributed by atoms with E-state index >= 15 is 0 Å². The first-order valence-corrected chi connectivity index (χ1v) is 10.7. The van der Waals surface area contributed by atoms with E-state index in [1.807, 2.05) is 62.4 Å². The molecule has 2 N–H and O–H groups in total. The first-order chi connectivity index (χ1) is 14.0. The molecule has 3 aromatic rings. The maximum absolute atomic E-state index is 13.2. The van der Waals surface area contributed by atoms with Crippen LogP contribution >= 0.6 is 11.3 Å². The Kier molecular flexibility index (Phi) is 5.49. The van der Waals surface area contributed by atoms with Crippen LogP contribution in [0.5, 0.6) is 0 Å². The highest BCUT2D eigenvalue weighted by atomic mass is 32.1. The van der Waals surface area contributed by atoms with Crippen LogP contribution in [-0.4, -0.2) is 11.8 Å². The van der Waals surface area contributed by atoms with Crippen molar-refractivity contribution in [1.82, 2.24) is 0 Å². The average molecular weight is 405 g/mol. The van der Waals surface area contributed by atoms with Crippen LogP contribution in [0.25, 0.3) is 0 Å². The third kappa shape index (κ3) is 4.25. The van der Waals surface area contributed by atoms with E-state index in [0.717, 1.165) is 48.1 Å². The van der Waals surface area contributed by atoms with Gasteiger partial charge < -0.3 is 10.6 Å². The molecule has 148 valence electrons. The van der Waals surface area contributed by atoms with Crippen LogP contribution in [-0.2, 0) is 12.8 Å². The average Bonchev–Trinajstić information content (AvgIpc) is 3.08. The molecule has 0 fully saturated rings. The molecule has 1 aromatic heterocycles. The van der Waals surface area contributed by atoms with Gasteiger partial charge in [0.15, 0.2) is 0 Å². The number of benzene rings is 2. The largest absolute Gasteiger partial charge is 0.322 e. The topological polar surface area (TPSA) is 58.2 Å². The van der Waals surface area contributed by atoms with Gasteiger partial charge in [0, 0.05) is 16.1 Å². The van der Waals surface area contributed by atoms with Gasteiger partial charge in [-0.05, 0) is 69.4 Å². The molecule has 29 heavy (non-hydrogen) atoms. The highest BCUT2D eigenvalue weighted by Gasteiger charge is 2.26. The lowest BCUT2D eigenvalue weighted by atomic mass is 9.95. The number of thiophene rings is 1. The number of rotatable bonds is 4. The molecule has 1 aliphatic carbocycles. The minimum absolute atomic E-state index is 0.160. The van der Waals surface area contributed by atoms with Gasteiger partial charge in [-0.2, -0.15) is 0 Å². The van der Waals surface area contributed by atoms with Gasteiger partial charge in [-0.15, -0.1) is 11.3 Å². The fourth-order valence-corrected chi connectivity index (χ4v) is 4.89. The molecule has 0 unspecified atom stereocenters. The molecule has 0 spiro atoms. The van der Waals surface area contributed by atoms with E-state index < -0.39 is 0 Å². The Balaban J connectivity index is 1.64. The smallest absolute Gasteiger partial charge is 0.258 e. The van der Waals surface area contributed by atoms with E-state index in [2.05, 4.69) is 10.6 Å². The predicted octanol–water partition coefficient (Wildman–Crippen LogP) is 5.75. The first-order valence-electron chi connectivity index (χ1n) is 9.92. The van der Waals surface area contributed by atoms with Crippen molar-refractivity contribution in [2.75, 3.05) is 10.6 Å². The monoisotopic (exact) mass is 404 g/mol. The second-order valence-corrected chi connectivity index (χ2v) is 8.66. The van der Waals surface area contributed by atoms with Crippen molar-refractivity contribution in [3.63, 3.8) is 0 Å². The standard InChI is InChI=1S/C24H24N2O2S/c1-15-7-11-17(12-8-15)22(27)26-24-21(19-5-3-4-6-20(19)29-24)23(28)25-18-13-9-16(2)10-14-18/h7-14H,3-6H2,1-2H3,(H,25,28)(H,26,27). The lowest BCUT2D eigenvalue weighted by molar-refractivity contribution is 0.102. The van der Waals surface area contributed by atoms with Gasteiger partial charge in [0.25, 0.3) is 11.8 Å². The van der Waals surface area contributed by atoms with Crippen LogP contribution in [0.15, 0.2) is 48.5 Å². The summed E-state index contributed by atoms with van der Waals surface area (Å²) in [6.07, 6.45) is 4.03. The van der Waals surface area contributed by atoms with E-state index in [4.69, 9.17) is 0 Å². The summed E-state index contributed by atoms with van der Waals surface area (Å²) < 4.78 is 0. The van der Waals surface area contributed by atoms with Crippen molar-refractivity contribution in [3.05, 3.63) is 81.2 Å². The highest BCUT2D eigenvalue weighted by Crippen LogP contribution is 2.38. The Morgan fingerprint density at radius 2 is 1.41 bits per heavy atom. The zero-order valence-corrected chi connectivity index (χ0v) is 17.5. The quantitative estimate of drug-likeness (QED) is 0.582. The molecule has 0 radical (unpaired) electrons. The fraction of sp³-hybridized carbons (Fsp3) is 0.250. The molecule has 5 heteroatoms. The van der Waals surface area contributed by atoms with E-state index in [1.165, 1.54) is 16.2 Å². The second-order valence-electron chi connectivity index (χ2n) is 7.56. The van der Waals surface area contributed by atoms with E-state index in [-0.39, 0.29) is 11.8 Å². The minimum atomic E-state index is -0.187. The SMILES string of the molecule is Cc1ccc(NC(=O)c2c(NC(=O)c3ccc(C)cc3)sc3c2CCCC3)cc1. The van der Waals surface area contributed by atoms with Crippen LogP contribution in [0.1, 0.15) is 55.1 Å². The number of anilines is 2. The lowest BCUT2D eigenvalue weighted by Crippen LogP contribution is -2.18. The molecule has 0 atom stereocenters. The molecule has 0 saturated heterocycles. The number of nitrogens with one attached hydrogen (secondary N) is 2. The van der Waals surface area contributed by atoms with Gasteiger partial charge in [-0.25, -0.2) is 0 Å². The van der Waals surface area contributed by atoms with Crippen molar-refractivity contribution in [3.8, 4) is 0 Å². The minimum Gasteiger partial charge on any atom is -0.322 e. The lowest BCUT2D eigenvalue weighted by Gasteiger charge is -2.13. The summed E-state index contributed by atoms with van der Waals surface area (Å²) in [6, 6.07) is 15.2. The molecular formula is C24H24N2O2S. The van der Waals surface area contributed by atoms with E-state index in [9.17, 15) is 9.59 Å². The molecular weight excluding hydrogens is 380 g/mol. The number of carbonyl (C=O) groups is 2. The van der Waals surface area contributed by atoms with Gasteiger partial charge >= 0.3 is 0 Å². The summed E-state index contributed by atoms with van der Waals surface area (Å²) in [5.74, 6) is -0.347. The molecule has 0 bridgehead atoms. The number of carbonyl (C=O) groups excluding carboxylic acids is 2. The zero-order chi connectivity index (χ0) is 20.4. The number of hydrogen-bond acceptors (Lipinski definition) is 3. The van der Waals surface area contributed by atoms with Crippen molar-refractivity contribution in [2.24, 2.45) is 0 Å². The van der Waals surface area contributed by atoms with Gasteiger partial charge in [0.05, 0.1) is 5.56 Å². The molecule has 0 aliphatic heterocycles. The van der Waals surface area contributed by atoms with Crippen molar-refractivity contribution in [1.29, 1.82) is 0 Å². The van der Waals surface area contributed by atoms with Crippen molar-refractivity contribution < 1.29 is 9.59 Å². The highest BCUT2D eigenvalue weighted by molar-refractivity contribution is 7.17. The van der Waals surface area contributed by atoms with Gasteiger partial charge in [-0.1, -0.05) is 35.4 Å². The summed E-state index contributed by atoms with van der Waals surface area (Å²) in [7, 11) is 0. The normalized spacial score (nSPS) is 12.9. The van der Waals surface area contributed by atoms with Crippen LogP contribution in [0.4, 0.5) is 10.7 Å². The summed E-state index contributed by atoms with van der Waals surface area (Å²) in [6.45, 7) is 4.00. The van der Waals surface area contributed by atoms with Crippen molar-refractivity contribution in [2.45, 2.75) is 39.5 Å². The molecule has 2 aromatic carbocycles. The Morgan fingerprint density at radius 3 is 2.10 bits per heavy atom. The van der Waals surface area contributed by atoms with Crippen molar-refractivity contribution >= 4 is 33.8 Å². The number of amides is 2. The predicted molar refractivity (Wildman–Crippen MR) is 119 cm³/mol. The number of aryl methyl sites for hydroxylation is 3. The third-order valence-corrected chi connectivity index (χ3v) is 6.46. The maximum Gasteiger partial charge on any atom is 0.258 e.